The van der Waals surface area contributed by atoms with Crippen LogP contribution in [0, 0.1) is 5.82 Å². The molecule has 0 aromatic heterocycles. The predicted molar refractivity (Wildman–Crippen MR) is 84.2 cm³/mol. The molecule has 0 bridgehead atoms. The zero-order valence-electron chi connectivity index (χ0n) is 13.5. The minimum atomic E-state index is -0.860. The van der Waals surface area contributed by atoms with E-state index in [1.807, 2.05) is 4.90 Å². The van der Waals surface area contributed by atoms with E-state index in [1.165, 1.54) is 20.3 Å². The molecule has 1 fully saturated rings. The summed E-state index contributed by atoms with van der Waals surface area (Å²) in [6.45, 7) is 0. The van der Waals surface area contributed by atoms with Crippen LogP contribution in [0.1, 0.15) is 24.3 Å². The van der Waals surface area contributed by atoms with E-state index in [1.54, 1.807) is 30.6 Å². The molecule has 0 N–H and O–H groups in total. The van der Waals surface area contributed by atoms with Crippen LogP contribution in [0.15, 0.2) is 47.8 Å². The fourth-order valence-corrected chi connectivity index (χ4v) is 2.88. The van der Waals surface area contributed by atoms with Gasteiger partial charge in [-0.1, -0.05) is 18.2 Å². The topological polar surface area (TPSA) is 55.8 Å². The molecule has 0 spiro atoms. The Hall–Kier alpha value is -2.63. The number of methoxy groups -OCH3 is 2. The van der Waals surface area contributed by atoms with Gasteiger partial charge in [-0.05, 0) is 18.9 Å². The van der Waals surface area contributed by atoms with E-state index in [0.29, 0.717) is 0 Å². The van der Waals surface area contributed by atoms with Gasteiger partial charge in [0.15, 0.2) is 0 Å². The number of hydrogen-bond acceptors (Lipinski definition) is 5. The third kappa shape index (κ3) is 2.91. The lowest BCUT2D eigenvalue weighted by Crippen LogP contribution is -2.30. The van der Waals surface area contributed by atoms with Gasteiger partial charge in [0.05, 0.1) is 31.3 Å². The van der Waals surface area contributed by atoms with Crippen LogP contribution in [0.4, 0.5) is 4.39 Å². The average molecular weight is 331 g/mol. The van der Waals surface area contributed by atoms with Crippen molar-refractivity contribution in [1.82, 2.24) is 4.90 Å². The van der Waals surface area contributed by atoms with Crippen molar-refractivity contribution in [2.24, 2.45) is 0 Å². The molecule has 1 aliphatic carbocycles. The number of carbonyl (C=O) groups is 2. The molecule has 1 heterocycles. The first-order chi connectivity index (χ1) is 11.6. The molecule has 0 radical (unpaired) electrons. The van der Waals surface area contributed by atoms with Crippen molar-refractivity contribution >= 4 is 11.9 Å². The molecule has 1 aromatic rings. The molecule has 2 aliphatic rings. The van der Waals surface area contributed by atoms with Crippen LogP contribution in [0.25, 0.3) is 0 Å². The van der Waals surface area contributed by atoms with Crippen LogP contribution in [0.5, 0.6) is 0 Å². The van der Waals surface area contributed by atoms with Gasteiger partial charge in [-0.25, -0.2) is 14.0 Å². The summed E-state index contributed by atoms with van der Waals surface area (Å²) in [5.41, 5.74) is 0.677. The van der Waals surface area contributed by atoms with Crippen LogP contribution >= 0.6 is 0 Å². The maximum Gasteiger partial charge on any atom is 0.336 e. The molecule has 0 atom stereocenters. The highest BCUT2D eigenvalue weighted by Gasteiger charge is 2.39. The van der Waals surface area contributed by atoms with Gasteiger partial charge in [0.1, 0.15) is 5.82 Å². The van der Waals surface area contributed by atoms with E-state index in [-0.39, 0.29) is 22.8 Å². The number of rotatable bonds is 4. The second-order valence-corrected chi connectivity index (χ2v) is 5.78. The third-order valence-electron chi connectivity index (χ3n) is 4.23. The van der Waals surface area contributed by atoms with Crippen LogP contribution in [-0.2, 0) is 19.1 Å². The summed E-state index contributed by atoms with van der Waals surface area (Å²) in [4.78, 5) is 26.4. The molecule has 1 aromatic carbocycles. The largest absolute Gasteiger partial charge is 0.466 e. The minimum absolute atomic E-state index is 0.220. The van der Waals surface area contributed by atoms with Crippen LogP contribution in [0.3, 0.4) is 0 Å². The first kappa shape index (κ1) is 16.2. The third-order valence-corrected chi connectivity index (χ3v) is 4.23. The normalized spacial score (nSPS) is 17.9. The van der Waals surface area contributed by atoms with Gasteiger partial charge in [-0.15, -0.1) is 0 Å². The Morgan fingerprint density at radius 3 is 2.04 bits per heavy atom. The monoisotopic (exact) mass is 331 g/mol. The van der Waals surface area contributed by atoms with Gasteiger partial charge in [-0.2, -0.15) is 0 Å². The maximum atomic E-state index is 14.4. The Morgan fingerprint density at radius 2 is 1.58 bits per heavy atom. The maximum absolute atomic E-state index is 14.4. The summed E-state index contributed by atoms with van der Waals surface area (Å²) in [6, 6.07) is 6.31. The first-order valence-corrected chi connectivity index (χ1v) is 7.68. The van der Waals surface area contributed by atoms with Gasteiger partial charge in [0.2, 0.25) is 0 Å². The Bertz CT molecular complexity index is 702. The van der Waals surface area contributed by atoms with Crippen molar-refractivity contribution in [3.05, 3.63) is 59.2 Å². The highest BCUT2D eigenvalue weighted by molar-refractivity contribution is 5.98. The SMILES string of the molecule is COC(=O)C1=CN(C2CC2)C=C(C(=O)OC)C1c1ccccc1F. The van der Waals surface area contributed by atoms with Crippen LogP contribution < -0.4 is 0 Å². The van der Waals surface area contributed by atoms with Crippen molar-refractivity contribution in [2.75, 3.05) is 14.2 Å². The Kier molecular flexibility index (Phi) is 4.38. The second kappa shape index (κ2) is 6.47. The van der Waals surface area contributed by atoms with Crippen molar-refractivity contribution in [3.8, 4) is 0 Å². The van der Waals surface area contributed by atoms with E-state index in [0.717, 1.165) is 12.8 Å². The summed E-state index contributed by atoms with van der Waals surface area (Å²) in [5, 5.41) is 0. The summed E-state index contributed by atoms with van der Waals surface area (Å²) in [5.74, 6) is -2.54. The molecule has 1 saturated carbocycles. The number of carbonyl (C=O) groups excluding carboxylic acids is 2. The summed E-state index contributed by atoms with van der Waals surface area (Å²) in [7, 11) is 2.53. The number of benzene rings is 1. The van der Waals surface area contributed by atoms with E-state index in [4.69, 9.17) is 9.47 Å². The second-order valence-electron chi connectivity index (χ2n) is 5.78. The fraction of sp³-hybridized carbons (Fsp3) is 0.333. The summed E-state index contributed by atoms with van der Waals surface area (Å²) >= 11 is 0. The van der Waals surface area contributed by atoms with Gasteiger partial charge in [-0.3, -0.25) is 0 Å². The lowest BCUT2D eigenvalue weighted by Gasteiger charge is -2.30. The standard InChI is InChI=1S/C18H18FNO4/c1-23-17(21)13-9-20(11-7-8-11)10-14(18(22)24-2)16(13)12-5-3-4-6-15(12)19/h3-6,9-11,16H,7-8H2,1-2H3. The molecule has 5 nitrogen and oxygen atoms in total. The molecule has 0 amide bonds. The van der Waals surface area contributed by atoms with Crippen LogP contribution in [-0.4, -0.2) is 37.1 Å². The first-order valence-electron chi connectivity index (χ1n) is 7.68. The molecule has 3 rings (SSSR count). The quantitative estimate of drug-likeness (QED) is 0.794. The summed E-state index contributed by atoms with van der Waals surface area (Å²) < 4.78 is 24.1. The highest BCUT2D eigenvalue weighted by Crippen LogP contribution is 2.41. The number of ether oxygens (including phenoxy) is 2. The Labute approximate surface area is 139 Å². The molecular weight excluding hydrogens is 313 g/mol. The van der Waals surface area contributed by atoms with Crippen molar-refractivity contribution in [1.29, 1.82) is 0 Å². The minimum Gasteiger partial charge on any atom is -0.466 e. The Morgan fingerprint density at radius 1 is 1.04 bits per heavy atom. The zero-order chi connectivity index (χ0) is 17.3. The van der Waals surface area contributed by atoms with E-state index >= 15 is 0 Å². The zero-order valence-corrected chi connectivity index (χ0v) is 13.5. The number of hydrogen-bond donors (Lipinski definition) is 0. The van der Waals surface area contributed by atoms with Crippen molar-refractivity contribution < 1.29 is 23.5 Å². The fourth-order valence-electron chi connectivity index (χ4n) is 2.88. The van der Waals surface area contributed by atoms with Gasteiger partial charge >= 0.3 is 11.9 Å². The van der Waals surface area contributed by atoms with Gasteiger partial charge in [0.25, 0.3) is 0 Å². The molecule has 1 aliphatic heterocycles. The van der Waals surface area contributed by atoms with Crippen molar-refractivity contribution in [3.63, 3.8) is 0 Å². The molecular formula is C18H18FNO4. The molecule has 126 valence electrons. The molecule has 6 heteroatoms. The Balaban J connectivity index is 2.13. The molecule has 24 heavy (non-hydrogen) atoms. The lowest BCUT2D eigenvalue weighted by atomic mass is 9.83. The number of esters is 2. The van der Waals surface area contributed by atoms with Gasteiger partial charge in [0, 0.05) is 24.0 Å². The lowest BCUT2D eigenvalue weighted by molar-refractivity contribution is -0.137. The number of halogens is 1. The van der Waals surface area contributed by atoms with Crippen LogP contribution in [0.2, 0.25) is 0 Å². The summed E-state index contributed by atoms with van der Waals surface area (Å²) in [6.07, 6.45) is 5.24. The van der Waals surface area contributed by atoms with E-state index < -0.39 is 23.7 Å². The highest BCUT2D eigenvalue weighted by atomic mass is 19.1. The van der Waals surface area contributed by atoms with E-state index in [9.17, 15) is 14.0 Å². The predicted octanol–water partition coefficient (Wildman–Crippen LogP) is 2.50. The number of nitrogens with zero attached hydrogens (tertiary/aromatic N) is 1. The smallest absolute Gasteiger partial charge is 0.336 e. The molecule has 0 saturated heterocycles. The van der Waals surface area contributed by atoms with Gasteiger partial charge < -0.3 is 14.4 Å². The average Bonchev–Trinajstić information content (AvgIpc) is 3.45. The van der Waals surface area contributed by atoms with Crippen molar-refractivity contribution in [2.45, 2.75) is 24.8 Å². The molecule has 0 unspecified atom stereocenters. The van der Waals surface area contributed by atoms with E-state index in [2.05, 4.69) is 0 Å².